The van der Waals surface area contributed by atoms with E-state index >= 15 is 0 Å². The van der Waals surface area contributed by atoms with Crippen LogP contribution >= 0.6 is 0 Å². The Hall–Kier alpha value is -1.55. The third-order valence-corrected chi connectivity index (χ3v) is 2.74. The normalized spacial score (nSPS) is 12.9. The van der Waals surface area contributed by atoms with E-state index in [-0.39, 0.29) is 30.6 Å². The quantitative estimate of drug-likeness (QED) is 0.854. The molecule has 0 heterocycles. The van der Waals surface area contributed by atoms with Gasteiger partial charge >= 0.3 is 0 Å². The van der Waals surface area contributed by atoms with Crippen LogP contribution in [0.1, 0.15) is 33.3 Å². The molecule has 0 aromatic heterocycles. The first-order valence-electron chi connectivity index (χ1n) is 6.47. The number of aliphatic hydroxyl groups excluding tert-OH is 1. The first-order chi connectivity index (χ1) is 8.84. The first-order valence-corrected chi connectivity index (χ1v) is 6.47. The summed E-state index contributed by atoms with van der Waals surface area (Å²) in [6.45, 7) is 7.91. The molecule has 0 saturated heterocycles. The van der Waals surface area contributed by atoms with Crippen molar-refractivity contribution in [1.29, 1.82) is 0 Å². The number of hydrogen-bond donors (Lipinski definition) is 2. The number of amides is 1. The third-order valence-electron chi connectivity index (χ3n) is 2.74. The number of para-hydroxylation sites is 1. The Labute approximate surface area is 114 Å². The van der Waals surface area contributed by atoms with Crippen LogP contribution in [0.25, 0.3) is 0 Å². The summed E-state index contributed by atoms with van der Waals surface area (Å²) in [4.78, 5) is 11.6. The van der Waals surface area contributed by atoms with Crippen molar-refractivity contribution in [3.63, 3.8) is 0 Å². The Morgan fingerprint density at radius 3 is 2.58 bits per heavy atom. The number of carbonyl (C=O) groups excluding carboxylic acids is 1. The van der Waals surface area contributed by atoms with Gasteiger partial charge in [-0.05, 0) is 24.0 Å². The smallest absolute Gasteiger partial charge is 0.258 e. The lowest BCUT2D eigenvalue weighted by molar-refractivity contribution is -0.124. The Bertz CT molecular complexity index is 424. The molecule has 106 valence electrons. The van der Waals surface area contributed by atoms with Crippen LogP contribution in [0.3, 0.4) is 0 Å². The number of benzene rings is 1. The van der Waals surface area contributed by atoms with Crippen molar-refractivity contribution in [1.82, 2.24) is 5.32 Å². The molecule has 0 radical (unpaired) electrons. The van der Waals surface area contributed by atoms with Crippen LogP contribution in [0.4, 0.5) is 0 Å². The predicted molar refractivity (Wildman–Crippen MR) is 75.3 cm³/mol. The number of rotatable bonds is 5. The highest BCUT2D eigenvalue weighted by molar-refractivity contribution is 5.77. The molecule has 0 aliphatic carbocycles. The lowest BCUT2D eigenvalue weighted by atomic mass is 9.86. The topological polar surface area (TPSA) is 58.6 Å². The van der Waals surface area contributed by atoms with Gasteiger partial charge in [-0.3, -0.25) is 4.79 Å². The Kier molecular flexibility index (Phi) is 5.36. The first kappa shape index (κ1) is 15.5. The number of hydrogen-bond acceptors (Lipinski definition) is 3. The van der Waals surface area contributed by atoms with Crippen LogP contribution in [-0.2, 0) is 10.2 Å². The lowest BCUT2D eigenvalue weighted by Crippen LogP contribution is -2.38. The van der Waals surface area contributed by atoms with E-state index in [1.54, 1.807) is 6.92 Å². The molecule has 0 aliphatic rings. The molecule has 0 saturated carbocycles. The summed E-state index contributed by atoms with van der Waals surface area (Å²) in [6.07, 6.45) is 0. The van der Waals surface area contributed by atoms with E-state index in [0.29, 0.717) is 0 Å². The predicted octanol–water partition coefficient (Wildman–Crippen LogP) is 1.86. The van der Waals surface area contributed by atoms with E-state index < -0.39 is 0 Å². The lowest BCUT2D eigenvalue weighted by Gasteiger charge is -2.22. The minimum Gasteiger partial charge on any atom is -0.483 e. The van der Waals surface area contributed by atoms with E-state index in [0.717, 1.165) is 11.3 Å². The zero-order valence-electron chi connectivity index (χ0n) is 12.1. The van der Waals surface area contributed by atoms with Crippen molar-refractivity contribution in [2.24, 2.45) is 0 Å². The SMILES string of the molecule is CC(CO)NC(=O)COc1ccccc1C(C)(C)C. The van der Waals surface area contributed by atoms with E-state index in [4.69, 9.17) is 9.84 Å². The van der Waals surface area contributed by atoms with Gasteiger partial charge in [-0.1, -0.05) is 39.0 Å². The molecule has 1 aromatic carbocycles. The van der Waals surface area contributed by atoms with Crippen molar-refractivity contribution in [3.05, 3.63) is 29.8 Å². The number of carbonyl (C=O) groups is 1. The van der Waals surface area contributed by atoms with E-state index in [1.807, 2.05) is 24.3 Å². The standard InChI is InChI=1S/C15H23NO3/c1-11(9-17)16-14(18)10-19-13-8-6-5-7-12(13)15(2,3)4/h5-8,11,17H,9-10H2,1-4H3,(H,16,18). The van der Waals surface area contributed by atoms with Gasteiger partial charge in [0.25, 0.3) is 5.91 Å². The van der Waals surface area contributed by atoms with Gasteiger partial charge in [0, 0.05) is 6.04 Å². The zero-order valence-corrected chi connectivity index (χ0v) is 12.1. The van der Waals surface area contributed by atoms with Gasteiger partial charge in [-0.25, -0.2) is 0 Å². The molecular weight excluding hydrogens is 242 g/mol. The maximum Gasteiger partial charge on any atom is 0.258 e. The molecule has 1 rings (SSSR count). The summed E-state index contributed by atoms with van der Waals surface area (Å²) < 4.78 is 5.58. The largest absolute Gasteiger partial charge is 0.483 e. The van der Waals surface area contributed by atoms with Crippen molar-refractivity contribution >= 4 is 5.91 Å². The fourth-order valence-electron chi connectivity index (χ4n) is 1.72. The maximum atomic E-state index is 11.6. The summed E-state index contributed by atoms with van der Waals surface area (Å²) in [6, 6.07) is 7.46. The molecule has 4 nitrogen and oxygen atoms in total. The second kappa shape index (κ2) is 6.57. The van der Waals surface area contributed by atoms with Crippen molar-refractivity contribution < 1.29 is 14.6 Å². The number of ether oxygens (including phenoxy) is 1. The van der Waals surface area contributed by atoms with Gasteiger partial charge in [0.1, 0.15) is 5.75 Å². The van der Waals surface area contributed by atoms with Gasteiger partial charge in [0.2, 0.25) is 0 Å². The summed E-state index contributed by atoms with van der Waals surface area (Å²) in [7, 11) is 0. The van der Waals surface area contributed by atoms with E-state index in [9.17, 15) is 4.79 Å². The van der Waals surface area contributed by atoms with Gasteiger partial charge in [-0.2, -0.15) is 0 Å². The molecule has 0 bridgehead atoms. The molecule has 1 atom stereocenters. The molecule has 4 heteroatoms. The van der Waals surface area contributed by atoms with Crippen LogP contribution < -0.4 is 10.1 Å². The van der Waals surface area contributed by atoms with Gasteiger partial charge in [-0.15, -0.1) is 0 Å². The summed E-state index contributed by atoms with van der Waals surface area (Å²) in [5.41, 5.74) is 1.03. The van der Waals surface area contributed by atoms with E-state index in [2.05, 4.69) is 26.1 Å². The average molecular weight is 265 g/mol. The average Bonchev–Trinajstić information content (AvgIpc) is 2.35. The van der Waals surface area contributed by atoms with Crippen LogP contribution in [-0.4, -0.2) is 30.3 Å². The highest BCUT2D eigenvalue weighted by Gasteiger charge is 2.19. The second-order valence-electron chi connectivity index (χ2n) is 5.69. The highest BCUT2D eigenvalue weighted by Crippen LogP contribution is 2.30. The molecule has 2 N–H and O–H groups in total. The van der Waals surface area contributed by atoms with Crippen LogP contribution in [0.5, 0.6) is 5.75 Å². The Morgan fingerprint density at radius 1 is 1.37 bits per heavy atom. The second-order valence-corrected chi connectivity index (χ2v) is 5.69. The molecule has 19 heavy (non-hydrogen) atoms. The molecular formula is C15H23NO3. The molecule has 0 aliphatic heterocycles. The fraction of sp³-hybridized carbons (Fsp3) is 0.533. The Morgan fingerprint density at radius 2 is 2.00 bits per heavy atom. The third kappa shape index (κ3) is 4.91. The van der Waals surface area contributed by atoms with Crippen molar-refractivity contribution in [2.75, 3.05) is 13.2 Å². The Balaban J connectivity index is 2.66. The number of nitrogens with one attached hydrogen (secondary N) is 1. The maximum absolute atomic E-state index is 11.6. The van der Waals surface area contributed by atoms with Crippen molar-refractivity contribution in [2.45, 2.75) is 39.2 Å². The van der Waals surface area contributed by atoms with Crippen LogP contribution in [0.15, 0.2) is 24.3 Å². The minimum absolute atomic E-state index is 0.0363. The van der Waals surface area contributed by atoms with E-state index in [1.165, 1.54) is 0 Å². The number of aliphatic hydroxyl groups is 1. The fourth-order valence-corrected chi connectivity index (χ4v) is 1.72. The van der Waals surface area contributed by atoms with Gasteiger partial charge in [0.15, 0.2) is 6.61 Å². The summed E-state index contributed by atoms with van der Waals surface area (Å²) >= 11 is 0. The zero-order chi connectivity index (χ0) is 14.5. The molecule has 1 unspecified atom stereocenters. The molecule has 1 aromatic rings. The van der Waals surface area contributed by atoms with Crippen LogP contribution in [0, 0.1) is 0 Å². The van der Waals surface area contributed by atoms with Crippen LogP contribution in [0.2, 0.25) is 0 Å². The monoisotopic (exact) mass is 265 g/mol. The molecule has 0 fully saturated rings. The highest BCUT2D eigenvalue weighted by atomic mass is 16.5. The summed E-state index contributed by atoms with van der Waals surface area (Å²) in [5, 5.41) is 11.5. The molecule has 0 spiro atoms. The minimum atomic E-state index is -0.256. The molecule has 1 amide bonds. The van der Waals surface area contributed by atoms with Crippen molar-refractivity contribution in [3.8, 4) is 5.75 Å². The van der Waals surface area contributed by atoms with Gasteiger partial charge in [0.05, 0.1) is 6.61 Å². The summed E-state index contributed by atoms with van der Waals surface area (Å²) in [5.74, 6) is 0.493. The van der Waals surface area contributed by atoms with Gasteiger partial charge < -0.3 is 15.2 Å².